The molecule has 1 aromatic heterocycles. The van der Waals surface area contributed by atoms with Crippen LogP contribution in [-0.2, 0) is 17.8 Å². The Balaban J connectivity index is 1.13. The van der Waals surface area contributed by atoms with Gasteiger partial charge in [-0.3, -0.25) is 0 Å². The molecule has 1 fully saturated rings. The number of hydrogen-bond acceptors (Lipinski definition) is 4. The molecule has 38 heavy (non-hydrogen) atoms. The largest absolute Gasteiger partial charge is 0.445 e. The normalized spacial score (nSPS) is 14.6. The lowest BCUT2D eigenvalue weighted by atomic mass is 9.84. The smallest absolute Gasteiger partial charge is 0.407 e. The van der Waals surface area contributed by atoms with Crippen LogP contribution in [0.15, 0.2) is 91.3 Å². The summed E-state index contributed by atoms with van der Waals surface area (Å²) >= 11 is 0. The summed E-state index contributed by atoms with van der Waals surface area (Å²) in [4.78, 5) is 21.4. The summed E-state index contributed by atoms with van der Waals surface area (Å²) in [5, 5.41) is 2.90. The van der Waals surface area contributed by atoms with Crippen LogP contribution in [0.5, 0.6) is 0 Å². The first-order valence-electron chi connectivity index (χ1n) is 13.6. The van der Waals surface area contributed by atoms with E-state index in [0.717, 1.165) is 27.8 Å². The average molecular weight is 506 g/mol. The SMILES string of the molecule is CC(Cc1ccc(-c2ncc(-c3ccc(C4CCCCC4)cc3)cn2)cc1)NC(=O)OCc1ccccc1. The molecule has 194 valence electrons. The Labute approximate surface area is 225 Å². The van der Waals surface area contributed by atoms with Gasteiger partial charge in [0.15, 0.2) is 5.82 Å². The predicted octanol–water partition coefficient (Wildman–Crippen LogP) is 7.72. The maximum atomic E-state index is 12.1. The minimum Gasteiger partial charge on any atom is -0.445 e. The van der Waals surface area contributed by atoms with Gasteiger partial charge < -0.3 is 10.1 Å². The molecule has 0 bridgehead atoms. The molecule has 1 heterocycles. The number of amides is 1. The fourth-order valence-electron chi connectivity index (χ4n) is 5.17. The van der Waals surface area contributed by atoms with Gasteiger partial charge in [-0.1, -0.05) is 98.1 Å². The Kier molecular flexibility index (Phi) is 8.44. The molecule has 1 aliphatic carbocycles. The highest BCUT2D eigenvalue weighted by atomic mass is 16.5. The van der Waals surface area contributed by atoms with Crippen LogP contribution in [0.4, 0.5) is 4.79 Å². The van der Waals surface area contributed by atoms with Crippen LogP contribution in [0.25, 0.3) is 22.5 Å². The van der Waals surface area contributed by atoms with E-state index in [-0.39, 0.29) is 12.6 Å². The third-order valence-corrected chi connectivity index (χ3v) is 7.30. The Morgan fingerprint density at radius 3 is 2.16 bits per heavy atom. The summed E-state index contributed by atoms with van der Waals surface area (Å²) in [6.45, 7) is 2.24. The minimum absolute atomic E-state index is 0.0517. The van der Waals surface area contributed by atoms with Gasteiger partial charge in [-0.05, 0) is 54.4 Å². The summed E-state index contributed by atoms with van der Waals surface area (Å²) in [7, 11) is 0. The molecule has 1 aliphatic rings. The van der Waals surface area contributed by atoms with Gasteiger partial charge in [-0.2, -0.15) is 0 Å². The van der Waals surface area contributed by atoms with Gasteiger partial charge in [0.25, 0.3) is 0 Å². The molecule has 5 rings (SSSR count). The van der Waals surface area contributed by atoms with Gasteiger partial charge in [0.05, 0.1) is 0 Å². The molecule has 1 N–H and O–H groups in total. The van der Waals surface area contributed by atoms with Crippen LogP contribution in [0.1, 0.15) is 61.6 Å². The van der Waals surface area contributed by atoms with E-state index in [1.54, 1.807) is 0 Å². The highest BCUT2D eigenvalue weighted by Gasteiger charge is 2.15. The second-order valence-electron chi connectivity index (χ2n) is 10.3. The lowest BCUT2D eigenvalue weighted by Gasteiger charge is -2.22. The van der Waals surface area contributed by atoms with Crippen molar-refractivity contribution in [1.29, 1.82) is 0 Å². The molecule has 0 spiro atoms. The second-order valence-corrected chi connectivity index (χ2v) is 10.3. The summed E-state index contributed by atoms with van der Waals surface area (Å²) in [6.07, 6.45) is 10.8. The van der Waals surface area contributed by atoms with Crippen molar-refractivity contribution in [2.75, 3.05) is 0 Å². The molecular weight excluding hydrogens is 470 g/mol. The van der Waals surface area contributed by atoms with E-state index in [9.17, 15) is 4.79 Å². The first kappa shape index (κ1) is 25.7. The Hall–Kier alpha value is -3.99. The minimum atomic E-state index is -0.407. The fourth-order valence-corrected chi connectivity index (χ4v) is 5.17. The predicted molar refractivity (Wildman–Crippen MR) is 152 cm³/mol. The average Bonchev–Trinajstić information content (AvgIpc) is 2.98. The van der Waals surface area contributed by atoms with E-state index in [0.29, 0.717) is 18.2 Å². The summed E-state index contributed by atoms with van der Waals surface area (Å²) < 4.78 is 5.32. The first-order valence-corrected chi connectivity index (χ1v) is 13.6. The monoisotopic (exact) mass is 505 g/mol. The van der Waals surface area contributed by atoms with Crippen LogP contribution >= 0.6 is 0 Å². The van der Waals surface area contributed by atoms with Gasteiger partial charge in [0, 0.05) is 29.6 Å². The quantitative estimate of drug-likeness (QED) is 0.266. The lowest BCUT2D eigenvalue weighted by molar-refractivity contribution is 0.136. The Morgan fingerprint density at radius 1 is 0.816 bits per heavy atom. The van der Waals surface area contributed by atoms with Gasteiger partial charge in [-0.25, -0.2) is 14.8 Å². The number of nitrogens with zero attached hydrogens (tertiary/aromatic N) is 2. The van der Waals surface area contributed by atoms with Gasteiger partial charge in [-0.15, -0.1) is 0 Å². The Morgan fingerprint density at radius 2 is 1.47 bits per heavy atom. The molecule has 0 saturated heterocycles. The topological polar surface area (TPSA) is 64.1 Å². The molecule has 5 nitrogen and oxygen atoms in total. The van der Waals surface area contributed by atoms with Crippen LogP contribution in [-0.4, -0.2) is 22.1 Å². The number of benzene rings is 3. The van der Waals surface area contributed by atoms with Crippen LogP contribution in [0.2, 0.25) is 0 Å². The molecule has 4 aromatic rings. The van der Waals surface area contributed by atoms with E-state index in [4.69, 9.17) is 4.74 Å². The maximum Gasteiger partial charge on any atom is 0.407 e. The highest BCUT2D eigenvalue weighted by molar-refractivity contribution is 5.67. The van der Waals surface area contributed by atoms with E-state index in [1.165, 1.54) is 37.7 Å². The molecular formula is C33H35N3O2. The molecule has 5 heteroatoms. The number of nitrogens with one attached hydrogen (secondary N) is 1. The molecule has 0 aliphatic heterocycles. The van der Waals surface area contributed by atoms with Crippen molar-refractivity contribution in [2.45, 2.75) is 64.0 Å². The number of carbonyl (C=O) groups excluding carboxylic acids is 1. The molecule has 3 aromatic carbocycles. The third-order valence-electron chi connectivity index (χ3n) is 7.30. The van der Waals surface area contributed by atoms with Crippen molar-refractivity contribution in [3.8, 4) is 22.5 Å². The van der Waals surface area contributed by atoms with E-state index >= 15 is 0 Å². The number of carbonyl (C=O) groups is 1. The lowest BCUT2D eigenvalue weighted by Crippen LogP contribution is -2.34. The molecule has 1 saturated carbocycles. The van der Waals surface area contributed by atoms with Crippen molar-refractivity contribution in [3.63, 3.8) is 0 Å². The summed E-state index contributed by atoms with van der Waals surface area (Å²) in [5.41, 5.74) is 6.69. The second kappa shape index (κ2) is 12.5. The van der Waals surface area contributed by atoms with Crippen molar-refractivity contribution in [3.05, 3.63) is 108 Å². The number of rotatable bonds is 8. The van der Waals surface area contributed by atoms with E-state index in [2.05, 4.69) is 51.7 Å². The maximum absolute atomic E-state index is 12.1. The molecule has 1 amide bonds. The molecule has 1 unspecified atom stereocenters. The summed E-state index contributed by atoms with van der Waals surface area (Å²) in [5.74, 6) is 1.42. The van der Waals surface area contributed by atoms with Crippen LogP contribution in [0, 0.1) is 0 Å². The standard InChI is InChI=1S/C33H35N3O2/c1-24(36-33(37)38-23-26-8-4-2-5-9-26)20-25-12-14-30(15-13-25)32-34-21-31(22-35-32)29-18-16-28(17-19-29)27-10-6-3-7-11-27/h2,4-5,8-9,12-19,21-22,24,27H,3,6-7,10-11,20,23H2,1H3,(H,36,37). The fraction of sp³-hybridized carbons (Fsp3) is 0.303. The number of hydrogen-bond donors (Lipinski definition) is 1. The number of aromatic nitrogens is 2. The first-order chi connectivity index (χ1) is 18.6. The van der Waals surface area contributed by atoms with E-state index in [1.807, 2.05) is 61.8 Å². The van der Waals surface area contributed by atoms with Gasteiger partial charge in [0.2, 0.25) is 0 Å². The Bertz CT molecular complexity index is 1300. The molecule has 1 atom stereocenters. The van der Waals surface area contributed by atoms with Crippen LogP contribution < -0.4 is 5.32 Å². The zero-order valence-electron chi connectivity index (χ0n) is 22.0. The third kappa shape index (κ3) is 6.86. The van der Waals surface area contributed by atoms with Crippen molar-refractivity contribution < 1.29 is 9.53 Å². The zero-order chi connectivity index (χ0) is 26.2. The molecule has 0 radical (unpaired) electrons. The number of alkyl carbamates (subject to hydrolysis) is 1. The van der Waals surface area contributed by atoms with Crippen molar-refractivity contribution in [2.24, 2.45) is 0 Å². The number of ether oxygens (including phenoxy) is 1. The van der Waals surface area contributed by atoms with Gasteiger partial charge >= 0.3 is 6.09 Å². The van der Waals surface area contributed by atoms with Crippen LogP contribution in [0.3, 0.4) is 0 Å². The van der Waals surface area contributed by atoms with Gasteiger partial charge in [0.1, 0.15) is 6.61 Å². The zero-order valence-corrected chi connectivity index (χ0v) is 22.0. The van der Waals surface area contributed by atoms with E-state index < -0.39 is 6.09 Å². The summed E-state index contributed by atoms with van der Waals surface area (Å²) in [6, 6.07) is 26.7. The highest BCUT2D eigenvalue weighted by Crippen LogP contribution is 2.33. The van der Waals surface area contributed by atoms with Crippen molar-refractivity contribution in [1.82, 2.24) is 15.3 Å². The van der Waals surface area contributed by atoms with Crippen molar-refractivity contribution >= 4 is 6.09 Å².